The van der Waals surface area contributed by atoms with Gasteiger partial charge in [0, 0.05) is 18.0 Å². The zero-order valence-electron chi connectivity index (χ0n) is 16.3. The second kappa shape index (κ2) is 10.2. The quantitative estimate of drug-likeness (QED) is 0.434. The summed E-state index contributed by atoms with van der Waals surface area (Å²) in [7, 11) is 1.33. The van der Waals surface area contributed by atoms with Gasteiger partial charge in [-0.25, -0.2) is 9.82 Å². The number of rotatable bonds is 9. The van der Waals surface area contributed by atoms with Gasteiger partial charge >= 0.3 is 5.69 Å². The smallest absolute Gasteiger partial charge is 0.364 e. The summed E-state index contributed by atoms with van der Waals surface area (Å²) in [6.07, 6.45) is 5.75. The molecule has 1 aliphatic rings. The maximum atomic E-state index is 12.0. The molecule has 2 heterocycles. The zero-order chi connectivity index (χ0) is 19.8. The van der Waals surface area contributed by atoms with Crippen LogP contribution in [0.2, 0.25) is 0 Å². The highest BCUT2D eigenvalue weighted by Crippen LogP contribution is 2.25. The van der Waals surface area contributed by atoms with E-state index in [9.17, 15) is 4.91 Å². The van der Waals surface area contributed by atoms with Gasteiger partial charge in [0.1, 0.15) is 6.20 Å². The summed E-state index contributed by atoms with van der Waals surface area (Å²) in [5.74, 6) is 1.50. The van der Waals surface area contributed by atoms with E-state index in [-0.39, 0.29) is 5.69 Å². The van der Waals surface area contributed by atoms with Crippen LogP contribution < -0.4 is 16.0 Å². The van der Waals surface area contributed by atoms with Crippen molar-refractivity contribution in [2.45, 2.75) is 24.3 Å². The average molecular weight is 404 g/mol. The van der Waals surface area contributed by atoms with Crippen LogP contribution in [0.25, 0.3) is 0 Å². The van der Waals surface area contributed by atoms with Gasteiger partial charge in [0.25, 0.3) is 4.92 Å². The van der Waals surface area contributed by atoms with E-state index in [1.54, 1.807) is 11.8 Å². The molecule has 0 bridgehead atoms. The molecule has 3 N–H and O–H groups in total. The van der Waals surface area contributed by atoms with Crippen molar-refractivity contribution in [1.82, 2.24) is 15.3 Å². The Morgan fingerprint density at radius 2 is 2.07 bits per heavy atom. The molecule has 0 aliphatic carbocycles. The average Bonchev–Trinajstić information content (AvgIpc) is 2.76. The molecule has 0 radical (unpaired) electrons. The number of nitrogens with one attached hydrogen (secondary N) is 3. The molecule has 0 spiro atoms. The largest absolute Gasteiger partial charge is 0.376 e. The SMILES string of the molecule is CO[N+](=O)c1cnc(NCc2ccccc2SC)nc1NCC1CCNCC1. The summed E-state index contributed by atoms with van der Waals surface area (Å²) in [5.41, 5.74) is 1.45. The van der Waals surface area contributed by atoms with E-state index in [0.29, 0.717) is 29.2 Å². The molecular formula is C19H27N6O2S+. The standard InChI is InChI=1S/C19H27N6O2S/c1-27-25(26)16-13-23-19(22-12-15-5-3-4-6-17(15)28-2)24-18(16)21-11-14-7-9-20-10-8-14/h3-6,13-14,20H,7-12H2,1-2H3,(H2,21,22,23,24)/q+1. The van der Waals surface area contributed by atoms with Crippen LogP contribution in [0.1, 0.15) is 18.4 Å². The maximum Gasteiger partial charge on any atom is 0.376 e. The van der Waals surface area contributed by atoms with Crippen molar-refractivity contribution in [1.29, 1.82) is 0 Å². The molecule has 150 valence electrons. The summed E-state index contributed by atoms with van der Waals surface area (Å²) >= 11 is 1.70. The molecule has 0 saturated carbocycles. The van der Waals surface area contributed by atoms with Crippen molar-refractivity contribution < 1.29 is 9.76 Å². The van der Waals surface area contributed by atoms with Gasteiger partial charge in [-0.3, -0.25) is 0 Å². The second-order valence-corrected chi connectivity index (χ2v) is 7.45. The van der Waals surface area contributed by atoms with Crippen LogP contribution in [0.15, 0.2) is 35.4 Å². The Morgan fingerprint density at radius 3 is 2.82 bits per heavy atom. The van der Waals surface area contributed by atoms with E-state index in [2.05, 4.69) is 44.3 Å². The Bertz CT molecular complexity index is 798. The molecule has 0 unspecified atom stereocenters. The van der Waals surface area contributed by atoms with Crippen LogP contribution in [-0.2, 0) is 11.4 Å². The van der Waals surface area contributed by atoms with Crippen molar-refractivity contribution >= 4 is 29.2 Å². The third kappa shape index (κ3) is 5.32. The Labute approximate surface area is 169 Å². The number of hydrogen-bond acceptors (Lipinski definition) is 8. The first-order chi connectivity index (χ1) is 13.7. The van der Waals surface area contributed by atoms with Crippen LogP contribution in [0.3, 0.4) is 0 Å². The van der Waals surface area contributed by atoms with Crippen LogP contribution in [0, 0.1) is 10.8 Å². The molecule has 1 aliphatic heterocycles. The van der Waals surface area contributed by atoms with Gasteiger partial charge in [-0.1, -0.05) is 18.2 Å². The molecule has 9 heteroatoms. The summed E-state index contributed by atoms with van der Waals surface area (Å²) < 4.78 is 0. The number of benzene rings is 1. The predicted molar refractivity (Wildman–Crippen MR) is 112 cm³/mol. The lowest BCUT2D eigenvalue weighted by Crippen LogP contribution is -2.31. The van der Waals surface area contributed by atoms with Crippen LogP contribution >= 0.6 is 11.8 Å². The van der Waals surface area contributed by atoms with Gasteiger partial charge in [-0.15, -0.1) is 11.8 Å². The molecule has 1 aromatic carbocycles. The van der Waals surface area contributed by atoms with E-state index >= 15 is 0 Å². The number of nitrogens with zero attached hydrogens (tertiary/aromatic N) is 3. The zero-order valence-corrected chi connectivity index (χ0v) is 17.1. The number of anilines is 2. The van der Waals surface area contributed by atoms with Gasteiger partial charge < -0.3 is 16.0 Å². The minimum Gasteiger partial charge on any atom is -0.364 e. The topological polar surface area (TPSA) is 91.2 Å². The fourth-order valence-electron chi connectivity index (χ4n) is 3.17. The molecule has 1 aromatic heterocycles. The highest BCUT2D eigenvalue weighted by molar-refractivity contribution is 7.98. The lowest BCUT2D eigenvalue weighted by molar-refractivity contribution is -0.736. The first kappa shape index (κ1) is 20.3. The normalized spacial score (nSPS) is 14.5. The lowest BCUT2D eigenvalue weighted by Gasteiger charge is -2.22. The fourth-order valence-corrected chi connectivity index (χ4v) is 3.79. The van der Waals surface area contributed by atoms with Crippen LogP contribution in [-0.4, -0.2) is 47.9 Å². The second-order valence-electron chi connectivity index (χ2n) is 6.61. The molecule has 2 aromatic rings. The van der Waals surface area contributed by atoms with Crippen molar-refractivity contribution in [2.75, 3.05) is 43.6 Å². The molecular weight excluding hydrogens is 376 g/mol. The number of thioether (sulfide) groups is 1. The van der Waals surface area contributed by atoms with Gasteiger partial charge in [0.2, 0.25) is 11.8 Å². The number of aromatic nitrogens is 2. The Balaban J connectivity index is 1.71. The molecule has 28 heavy (non-hydrogen) atoms. The molecule has 1 fully saturated rings. The molecule has 3 rings (SSSR count). The Morgan fingerprint density at radius 1 is 1.29 bits per heavy atom. The highest BCUT2D eigenvalue weighted by Gasteiger charge is 2.25. The third-order valence-electron chi connectivity index (χ3n) is 4.78. The maximum absolute atomic E-state index is 12.0. The summed E-state index contributed by atoms with van der Waals surface area (Å²) in [5, 5.41) is 9.92. The third-order valence-corrected chi connectivity index (χ3v) is 5.62. The van der Waals surface area contributed by atoms with E-state index in [1.165, 1.54) is 23.8 Å². The van der Waals surface area contributed by atoms with Gasteiger partial charge in [0.15, 0.2) is 7.11 Å². The number of hydrogen-bond donors (Lipinski definition) is 3. The Hall–Kier alpha value is -2.39. The molecule has 8 nitrogen and oxygen atoms in total. The summed E-state index contributed by atoms with van der Waals surface area (Å²) in [6.45, 7) is 3.42. The highest BCUT2D eigenvalue weighted by atomic mass is 32.2. The minimum absolute atomic E-state index is 0.270. The Kier molecular flexibility index (Phi) is 7.44. The summed E-state index contributed by atoms with van der Waals surface area (Å²) in [4.78, 5) is 27.2. The van der Waals surface area contributed by atoms with E-state index in [4.69, 9.17) is 4.84 Å². The van der Waals surface area contributed by atoms with Crippen LogP contribution in [0.5, 0.6) is 0 Å². The first-order valence-electron chi connectivity index (χ1n) is 9.40. The number of piperidine rings is 1. The van der Waals surface area contributed by atoms with Crippen LogP contribution in [0.4, 0.5) is 17.5 Å². The molecule has 0 atom stereocenters. The van der Waals surface area contributed by atoms with Gasteiger partial charge in [-0.2, -0.15) is 4.98 Å². The van der Waals surface area contributed by atoms with E-state index in [0.717, 1.165) is 32.5 Å². The fraction of sp³-hybridized carbons (Fsp3) is 0.474. The monoisotopic (exact) mass is 403 g/mol. The van der Waals surface area contributed by atoms with Crippen molar-refractivity contribution in [3.63, 3.8) is 0 Å². The molecule has 0 amide bonds. The van der Waals surface area contributed by atoms with E-state index < -0.39 is 0 Å². The van der Waals surface area contributed by atoms with Crippen molar-refractivity contribution in [3.8, 4) is 0 Å². The van der Waals surface area contributed by atoms with Crippen molar-refractivity contribution in [3.05, 3.63) is 40.9 Å². The first-order valence-corrected chi connectivity index (χ1v) is 10.6. The van der Waals surface area contributed by atoms with Gasteiger partial charge in [0.05, 0.1) is 4.91 Å². The summed E-state index contributed by atoms with van der Waals surface area (Å²) in [6, 6.07) is 8.21. The molecule has 1 saturated heterocycles. The van der Waals surface area contributed by atoms with Crippen molar-refractivity contribution in [2.24, 2.45) is 5.92 Å². The van der Waals surface area contributed by atoms with E-state index in [1.807, 2.05) is 12.1 Å². The predicted octanol–water partition coefficient (Wildman–Crippen LogP) is 3.19. The minimum atomic E-state index is 0.270. The lowest BCUT2D eigenvalue weighted by atomic mass is 9.98. The van der Waals surface area contributed by atoms with Gasteiger partial charge in [-0.05, 0) is 49.7 Å².